The van der Waals surface area contributed by atoms with Crippen molar-refractivity contribution in [2.75, 3.05) is 12.3 Å². The number of nitrogens with zero attached hydrogens (tertiary/aromatic N) is 1. The largest absolute Gasteiger partial charge is 0.393 e. The minimum Gasteiger partial charge on any atom is -0.393 e. The standard InChI is InChI=1S/C12H15N3O4/c13-9-3-2-8(6-10(9)15(18)19)11(16)14-7-12(17)4-1-5-12/h2-3,6,17H,1,4-5,7,13H2,(H,14,16). The first-order valence-corrected chi connectivity index (χ1v) is 5.96. The Labute approximate surface area is 109 Å². The number of aliphatic hydroxyl groups is 1. The van der Waals surface area contributed by atoms with Gasteiger partial charge in [-0.1, -0.05) is 0 Å². The van der Waals surface area contributed by atoms with Gasteiger partial charge in [0.25, 0.3) is 11.6 Å². The summed E-state index contributed by atoms with van der Waals surface area (Å²) in [6.07, 6.45) is 2.27. The van der Waals surface area contributed by atoms with E-state index in [0.29, 0.717) is 12.8 Å². The Kier molecular flexibility index (Phi) is 3.39. The number of nitrogens with two attached hydrogens (primary N) is 1. The zero-order chi connectivity index (χ0) is 14.0. The van der Waals surface area contributed by atoms with E-state index in [4.69, 9.17) is 5.73 Å². The number of carbonyl (C=O) groups is 1. The third-order valence-corrected chi connectivity index (χ3v) is 3.35. The van der Waals surface area contributed by atoms with Crippen molar-refractivity contribution in [1.82, 2.24) is 5.32 Å². The van der Waals surface area contributed by atoms with Crippen LogP contribution in [0, 0.1) is 10.1 Å². The second-order valence-corrected chi connectivity index (χ2v) is 4.79. The smallest absolute Gasteiger partial charge is 0.292 e. The topological polar surface area (TPSA) is 118 Å². The number of benzene rings is 1. The molecule has 0 atom stereocenters. The van der Waals surface area contributed by atoms with Crippen LogP contribution in [0.15, 0.2) is 18.2 Å². The molecular weight excluding hydrogens is 250 g/mol. The van der Waals surface area contributed by atoms with Crippen LogP contribution in [-0.2, 0) is 0 Å². The second kappa shape index (κ2) is 4.85. The van der Waals surface area contributed by atoms with Gasteiger partial charge in [-0.25, -0.2) is 0 Å². The predicted molar refractivity (Wildman–Crippen MR) is 68.6 cm³/mol. The molecule has 0 spiro atoms. The Hall–Kier alpha value is -2.15. The van der Waals surface area contributed by atoms with Crippen molar-refractivity contribution in [3.8, 4) is 0 Å². The lowest BCUT2D eigenvalue weighted by Crippen LogP contribution is -2.47. The molecule has 0 radical (unpaired) electrons. The number of rotatable bonds is 4. The first-order valence-electron chi connectivity index (χ1n) is 5.96. The summed E-state index contributed by atoms with van der Waals surface area (Å²) in [5.74, 6) is -0.455. The highest BCUT2D eigenvalue weighted by atomic mass is 16.6. The van der Waals surface area contributed by atoms with Crippen LogP contribution in [-0.4, -0.2) is 28.1 Å². The third-order valence-electron chi connectivity index (χ3n) is 3.35. The molecule has 1 aromatic carbocycles. The molecule has 0 saturated heterocycles. The van der Waals surface area contributed by atoms with E-state index in [-0.39, 0.29) is 23.5 Å². The first kappa shape index (κ1) is 13.3. The van der Waals surface area contributed by atoms with Gasteiger partial charge in [-0.05, 0) is 31.4 Å². The summed E-state index contributed by atoms with van der Waals surface area (Å²) in [5.41, 5.74) is 4.50. The number of nitrogens with one attached hydrogen (secondary N) is 1. The van der Waals surface area contributed by atoms with E-state index < -0.39 is 16.4 Å². The molecule has 19 heavy (non-hydrogen) atoms. The van der Waals surface area contributed by atoms with Crippen LogP contribution in [0.4, 0.5) is 11.4 Å². The van der Waals surface area contributed by atoms with Gasteiger partial charge in [0.1, 0.15) is 5.69 Å². The Balaban J connectivity index is 2.06. The number of nitrogen functional groups attached to an aromatic ring is 1. The number of hydrogen-bond donors (Lipinski definition) is 3. The number of hydrogen-bond acceptors (Lipinski definition) is 5. The highest BCUT2D eigenvalue weighted by Crippen LogP contribution is 2.30. The maximum absolute atomic E-state index is 11.8. The van der Waals surface area contributed by atoms with Gasteiger partial charge < -0.3 is 16.2 Å². The molecule has 1 fully saturated rings. The lowest BCUT2D eigenvalue weighted by atomic mass is 9.80. The van der Waals surface area contributed by atoms with Gasteiger partial charge in [0.15, 0.2) is 0 Å². The van der Waals surface area contributed by atoms with Gasteiger partial charge in [0.05, 0.1) is 10.5 Å². The predicted octanol–water partition coefficient (Wildman–Crippen LogP) is 0.822. The molecule has 7 nitrogen and oxygen atoms in total. The van der Waals surface area contributed by atoms with Crippen LogP contribution in [0.1, 0.15) is 29.6 Å². The average Bonchev–Trinajstić information content (AvgIpc) is 2.33. The summed E-state index contributed by atoms with van der Waals surface area (Å²) >= 11 is 0. The average molecular weight is 265 g/mol. The zero-order valence-corrected chi connectivity index (χ0v) is 10.3. The molecule has 4 N–H and O–H groups in total. The van der Waals surface area contributed by atoms with Gasteiger partial charge in [0, 0.05) is 18.2 Å². The van der Waals surface area contributed by atoms with Crippen LogP contribution in [0.5, 0.6) is 0 Å². The van der Waals surface area contributed by atoms with Crippen LogP contribution in [0.3, 0.4) is 0 Å². The van der Waals surface area contributed by atoms with Crippen molar-refractivity contribution >= 4 is 17.3 Å². The molecule has 2 rings (SSSR count). The quantitative estimate of drug-likeness (QED) is 0.423. The summed E-state index contributed by atoms with van der Waals surface area (Å²) in [7, 11) is 0. The van der Waals surface area contributed by atoms with Gasteiger partial charge in [-0.3, -0.25) is 14.9 Å². The fourth-order valence-electron chi connectivity index (χ4n) is 1.95. The van der Waals surface area contributed by atoms with Gasteiger partial charge in [-0.15, -0.1) is 0 Å². The molecule has 1 aromatic rings. The van der Waals surface area contributed by atoms with Crippen LogP contribution >= 0.6 is 0 Å². The summed E-state index contributed by atoms with van der Waals surface area (Å²) in [4.78, 5) is 21.9. The third kappa shape index (κ3) is 2.82. The zero-order valence-electron chi connectivity index (χ0n) is 10.3. The van der Waals surface area contributed by atoms with E-state index in [1.165, 1.54) is 12.1 Å². The van der Waals surface area contributed by atoms with Crippen LogP contribution in [0.2, 0.25) is 0 Å². The molecule has 0 bridgehead atoms. The molecule has 1 saturated carbocycles. The molecule has 0 aliphatic heterocycles. The number of nitro benzene ring substituents is 1. The summed E-state index contributed by atoms with van der Waals surface area (Å²) in [5, 5.41) is 23.1. The summed E-state index contributed by atoms with van der Waals surface area (Å²) in [6.45, 7) is 0.157. The monoisotopic (exact) mass is 265 g/mol. The Morgan fingerprint density at radius 3 is 2.74 bits per heavy atom. The van der Waals surface area contributed by atoms with Crippen molar-refractivity contribution in [1.29, 1.82) is 0 Å². The van der Waals surface area contributed by atoms with E-state index in [1.54, 1.807) is 0 Å². The van der Waals surface area contributed by atoms with Crippen LogP contribution in [0.25, 0.3) is 0 Å². The summed E-state index contributed by atoms with van der Waals surface area (Å²) in [6, 6.07) is 3.88. The van der Waals surface area contributed by atoms with Crippen molar-refractivity contribution < 1.29 is 14.8 Å². The van der Waals surface area contributed by atoms with E-state index in [2.05, 4.69) is 5.32 Å². The maximum atomic E-state index is 11.8. The minimum atomic E-state index is -0.824. The Bertz CT molecular complexity index is 526. The lowest BCUT2D eigenvalue weighted by Gasteiger charge is -2.36. The molecule has 7 heteroatoms. The van der Waals surface area contributed by atoms with E-state index in [9.17, 15) is 20.0 Å². The molecule has 1 aliphatic carbocycles. The van der Waals surface area contributed by atoms with Crippen LogP contribution < -0.4 is 11.1 Å². The van der Waals surface area contributed by atoms with Crippen molar-refractivity contribution in [2.24, 2.45) is 0 Å². The lowest BCUT2D eigenvalue weighted by molar-refractivity contribution is -0.383. The van der Waals surface area contributed by atoms with E-state index >= 15 is 0 Å². The molecule has 102 valence electrons. The summed E-state index contributed by atoms with van der Waals surface area (Å²) < 4.78 is 0. The maximum Gasteiger partial charge on any atom is 0.292 e. The minimum absolute atomic E-state index is 0.0131. The van der Waals surface area contributed by atoms with E-state index in [1.807, 2.05) is 0 Å². The van der Waals surface area contributed by atoms with Crippen molar-refractivity contribution in [3.05, 3.63) is 33.9 Å². The Morgan fingerprint density at radius 2 is 2.21 bits per heavy atom. The molecule has 0 unspecified atom stereocenters. The fourth-order valence-corrected chi connectivity index (χ4v) is 1.95. The van der Waals surface area contributed by atoms with Gasteiger partial charge >= 0.3 is 0 Å². The SMILES string of the molecule is Nc1ccc(C(=O)NCC2(O)CCC2)cc1[N+](=O)[O-]. The first-order chi connectivity index (χ1) is 8.91. The second-order valence-electron chi connectivity index (χ2n) is 4.79. The molecule has 1 amide bonds. The number of carbonyl (C=O) groups excluding carboxylic acids is 1. The number of anilines is 1. The number of nitro groups is 1. The van der Waals surface area contributed by atoms with E-state index in [0.717, 1.165) is 12.5 Å². The Morgan fingerprint density at radius 1 is 1.53 bits per heavy atom. The van der Waals surface area contributed by atoms with Crippen molar-refractivity contribution in [2.45, 2.75) is 24.9 Å². The van der Waals surface area contributed by atoms with Gasteiger partial charge in [0.2, 0.25) is 0 Å². The van der Waals surface area contributed by atoms with Gasteiger partial charge in [-0.2, -0.15) is 0 Å². The number of amides is 1. The molecule has 1 aliphatic rings. The molecule has 0 heterocycles. The highest BCUT2D eigenvalue weighted by Gasteiger charge is 2.34. The fraction of sp³-hybridized carbons (Fsp3) is 0.417. The van der Waals surface area contributed by atoms with Crippen molar-refractivity contribution in [3.63, 3.8) is 0 Å². The normalized spacial score (nSPS) is 16.5. The highest BCUT2D eigenvalue weighted by molar-refractivity contribution is 5.95. The molecule has 0 aromatic heterocycles. The molecular formula is C12H15N3O4.